The van der Waals surface area contributed by atoms with Crippen molar-refractivity contribution >= 4 is 17.0 Å². The van der Waals surface area contributed by atoms with Crippen molar-refractivity contribution in [2.45, 2.75) is 32.7 Å². The van der Waals surface area contributed by atoms with Crippen molar-refractivity contribution in [1.82, 2.24) is 24.4 Å². The topological polar surface area (TPSA) is 88.8 Å². The highest BCUT2D eigenvalue weighted by atomic mass is 16.5. The first-order valence-corrected chi connectivity index (χ1v) is 10.7. The van der Waals surface area contributed by atoms with Crippen LogP contribution in [0.25, 0.3) is 11.2 Å². The zero-order valence-electron chi connectivity index (χ0n) is 18.3. The summed E-state index contributed by atoms with van der Waals surface area (Å²) in [6.45, 7) is 7.93. The molecule has 2 atom stereocenters. The first-order chi connectivity index (χ1) is 15.2. The predicted molar refractivity (Wildman–Crippen MR) is 118 cm³/mol. The van der Waals surface area contributed by atoms with Crippen LogP contribution in [-0.2, 0) is 11.3 Å². The zero-order valence-corrected chi connectivity index (χ0v) is 18.3. The zero-order chi connectivity index (χ0) is 21.8. The third-order valence-corrected chi connectivity index (χ3v) is 5.71. The first kappa shape index (κ1) is 21.5. The van der Waals surface area contributed by atoms with Crippen molar-refractivity contribution in [2.75, 3.05) is 44.8 Å². The number of methoxy groups -OCH3 is 1. The maximum atomic E-state index is 9.83. The molecule has 2 aromatic heterocycles. The van der Waals surface area contributed by atoms with Gasteiger partial charge in [0.2, 0.25) is 0 Å². The number of aromatic nitrogens is 4. The number of rotatable bonds is 8. The molecular weight excluding hydrogens is 396 g/mol. The fourth-order valence-electron chi connectivity index (χ4n) is 4.07. The summed E-state index contributed by atoms with van der Waals surface area (Å²) < 4.78 is 13.4. The Balaban J connectivity index is 1.59. The molecule has 0 saturated carbocycles. The lowest BCUT2D eigenvalue weighted by Crippen LogP contribution is -2.46. The van der Waals surface area contributed by atoms with E-state index in [1.54, 1.807) is 19.8 Å². The number of nitrogens with zero attached hydrogens (tertiary/aromatic N) is 6. The number of aliphatic hydroxyl groups is 1. The summed E-state index contributed by atoms with van der Waals surface area (Å²) in [5, 5.41) is 9.83. The molecular formula is C22H30N6O3. The van der Waals surface area contributed by atoms with Gasteiger partial charge in [-0.15, -0.1) is 0 Å². The van der Waals surface area contributed by atoms with Crippen LogP contribution in [0.4, 0.5) is 5.82 Å². The van der Waals surface area contributed by atoms with Gasteiger partial charge in [-0.25, -0.2) is 15.0 Å². The van der Waals surface area contributed by atoms with Gasteiger partial charge in [0.05, 0.1) is 26.1 Å². The molecule has 9 nitrogen and oxygen atoms in total. The van der Waals surface area contributed by atoms with Crippen LogP contribution >= 0.6 is 0 Å². The lowest BCUT2D eigenvalue weighted by molar-refractivity contribution is -0.135. The van der Waals surface area contributed by atoms with Crippen LogP contribution in [0.2, 0.25) is 0 Å². The fraction of sp³-hybridized carbons (Fsp3) is 0.500. The van der Waals surface area contributed by atoms with Crippen LogP contribution in [0.15, 0.2) is 36.9 Å². The van der Waals surface area contributed by atoms with Crippen molar-refractivity contribution in [3.8, 4) is 5.75 Å². The molecule has 1 aliphatic rings. The fourth-order valence-corrected chi connectivity index (χ4v) is 4.07. The number of hydrogen-bond acceptors (Lipinski definition) is 8. The minimum Gasteiger partial charge on any atom is -0.497 e. The molecule has 0 radical (unpaired) electrons. The van der Waals surface area contributed by atoms with Crippen molar-refractivity contribution < 1.29 is 14.6 Å². The molecule has 0 aliphatic carbocycles. The summed E-state index contributed by atoms with van der Waals surface area (Å²) in [6, 6.07) is 8.05. The minimum atomic E-state index is -0.298. The van der Waals surface area contributed by atoms with E-state index < -0.39 is 0 Å². The number of hydrogen-bond donors (Lipinski definition) is 1. The van der Waals surface area contributed by atoms with E-state index in [0.29, 0.717) is 13.1 Å². The van der Waals surface area contributed by atoms with Gasteiger partial charge in [-0.3, -0.25) is 9.47 Å². The van der Waals surface area contributed by atoms with Crippen molar-refractivity contribution in [2.24, 2.45) is 0 Å². The number of benzene rings is 1. The molecule has 1 aromatic carbocycles. The van der Waals surface area contributed by atoms with Crippen molar-refractivity contribution in [1.29, 1.82) is 0 Å². The number of ether oxygens (including phenoxy) is 2. The Bertz CT molecular complexity index is 989. The third kappa shape index (κ3) is 4.48. The molecule has 166 valence electrons. The Kier molecular flexibility index (Phi) is 6.64. The molecule has 1 fully saturated rings. The van der Waals surface area contributed by atoms with Crippen LogP contribution < -0.4 is 9.64 Å². The quantitative estimate of drug-likeness (QED) is 0.586. The number of morpholine rings is 1. The summed E-state index contributed by atoms with van der Waals surface area (Å²) in [6.07, 6.45) is 2.77. The standard InChI is InChI=1S/C22H30N6O3/c1-4-27(5-2)21-20-22(24-14-23-21)28(15-25-20)19-12-26(11-18(13-29)31-19)10-16-6-8-17(30-3)9-7-16/h6-9,14-15,18-19,29H,4-5,10-13H2,1-3H3/t18-,19+/m0/s1. The van der Waals surface area contributed by atoms with Crippen LogP contribution in [0.5, 0.6) is 5.75 Å². The second kappa shape index (κ2) is 9.59. The van der Waals surface area contributed by atoms with Gasteiger partial charge in [0.25, 0.3) is 0 Å². The van der Waals surface area contributed by atoms with Crippen LogP contribution in [0, 0.1) is 0 Å². The van der Waals surface area contributed by atoms with Crippen LogP contribution in [0.1, 0.15) is 25.6 Å². The van der Waals surface area contributed by atoms with Crippen molar-refractivity contribution in [3.63, 3.8) is 0 Å². The van der Waals surface area contributed by atoms with E-state index in [9.17, 15) is 5.11 Å². The van der Waals surface area contributed by atoms with Crippen LogP contribution in [-0.4, -0.2) is 75.5 Å². The molecule has 1 N–H and O–H groups in total. The van der Waals surface area contributed by atoms with Gasteiger partial charge in [-0.1, -0.05) is 12.1 Å². The molecule has 1 aliphatic heterocycles. The average molecular weight is 427 g/mol. The Morgan fingerprint density at radius 3 is 2.58 bits per heavy atom. The van der Waals surface area contributed by atoms with E-state index >= 15 is 0 Å². The van der Waals surface area contributed by atoms with Crippen LogP contribution in [0.3, 0.4) is 0 Å². The monoisotopic (exact) mass is 426 g/mol. The van der Waals surface area contributed by atoms with Gasteiger partial charge in [0, 0.05) is 32.7 Å². The predicted octanol–water partition coefficient (Wildman–Crippen LogP) is 2.07. The highest BCUT2D eigenvalue weighted by Gasteiger charge is 2.30. The lowest BCUT2D eigenvalue weighted by Gasteiger charge is -2.38. The summed E-state index contributed by atoms with van der Waals surface area (Å²) in [7, 11) is 1.66. The SMILES string of the molecule is CCN(CC)c1ncnc2c1ncn2[C@H]1CN(Cc2ccc(OC)cc2)C[C@@H](CO)O1. The van der Waals surface area contributed by atoms with Gasteiger partial charge in [-0.05, 0) is 31.5 Å². The number of imidazole rings is 1. The van der Waals surface area contributed by atoms with Crippen molar-refractivity contribution in [3.05, 3.63) is 42.5 Å². The van der Waals surface area contributed by atoms with E-state index in [1.807, 2.05) is 16.7 Å². The normalized spacial score (nSPS) is 19.6. The molecule has 0 amide bonds. The molecule has 0 unspecified atom stereocenters. The Morgan fingerprint density at radius 1 is 1.13 bits per heavy atom. The summed E-state index contributed by atoms with van der Waals surface area (Å²) in [5.74, 6) is 1.67. The molecule has 4 rings (SSSR count). The minimum absolute atomic E-state index is 0.0398. The van der Waals surface area contributed by atoms with E-state index in [2.05, 4.69) is 50.7 Å². The lowest BCUT2D eigenvalue weighted by atomic mass is 10.1. The van der Waals surface area contributed by atoms with E-state index in [4.69, 9.17) is 9.47 Å². The van der Waals surface area contributed by atoms with Gasteiger partial charge in [0.15, 0.2) is 17.0 Å². The summed E-state index contributed by atoms with van der Waals surface area (Å²) in [5.41, 5.74) is 2.69. The largest absolute Gasteiger partial charge is 0.497 e. The van der Waals surface area contributed by atoms with Gasteiger partial charge >= 0.3 is 0 Å². The number of anilines is 1. The van der Waals surface area contributed by atoms with E-state index in [0.717, 1.165) is 42.4 Å². The molecule has 1 saturated heterocycles. The number of aliphatic hydroxyl groups excluding tert-OH is 1. The molecule has 3 aromatic rings. The second-order valence-corrected chi connectivity index (χ2v) is 7.63. The summed E-state index contributed by atoms with van der Waals surface area (Å²) >= 11 is 0. The maximum absolute atomic E-state index is 9.83. The Hall–Kier alpha value is -2.75. The molecule has 0 bridgehead atoms. The van der Waals surface area contributed by atoms with E-state index in [1.165, 1.54) is 5.56 Å². The third-order valence-electron chi connectivity index (χ3n) is 5.71. The highest BCUT2D eigenvalue weighted by molar-refractivity contribution is 5.83. The average Bonchev–Trinajstić information content (AvgIpc) is 3.25. The molecule has 31 heavy (non-hydrogen) atoms. The molecule has 3 heterocycles. The highest BCUT2D eigenvalue weighted by Crippen LogP contribution is 2.28. The van der Waals surface area contributed by atoms with E-state index in [-0.39, 0.29) is 18.9 Å². The Labute approximate surface area is 182 Å². The number of fused-ring (bicyclic) bond motifs is 1. The van der Waals surface area contributed by atoms with Gasteiger partial charge in [0.1, 0.15) is 18.3 Å². The first-order valence-electron chi connectivity index (χ1n) is 10.7. The maximum Gasteiger partial charge on any atom is 0.167 e. The van der Waals surface area contributed by atoms with Gasteiger partial charge < -0.3 is 19.5 Å². The second-order valence-electron chi connectivity index (χ2n) is 7.63. The summed E-state index contributed by atoms with van der Waals surface area (Å²) in [4.78, 5) is 18.0. The van der Waals surface area contributed by atoms with Gasteiger partial charge in [-0.2, -0.15) is 0 Å². The molecule has 0 spiro atoms. The molecule has 9 heteroatoms. The smallest absolute Gasteiger partial charge is 0.167 e. The Morgan fingerprint density at radius 2 is 1.90 bits per heavy atom.